The number of aromatic nitrogens is 4. The van der Waals surface area contributed by atoms with Crippen molar-refractivity contribution in [2.24, 2.45) is 5.92 Å². The van der Waals surface area contributed by atoms with Gasteiger partial charge in [0.05, 0.1) is 54.2 Å². The molecule has 0 spiro atoms. The molecular formula is C37H40N6O2. The number of hydrogen-bond acceptors (Lipinski definition) is 6. The van der Waals surface area contributed by atoms with Gasteiger partial charge in [0, 0.05) is 37.8 Å². The smallest absolute Gasteiger partial charge is 0.211 e. The molecule has 2 saturated heterocycles. The Morgan fingerprint density at radius 3 is 2.27 bits per heavy atom. The van der Waals surface area contributed by atoms with Gasteiger partial charge in [0.15, 0.2) is 0 Å². The number of anilines is 2. The van der Waals surface area contributed by atoms with E-state index in [-0.39, 0.29) is 17.4 Å². The Morgan fingerprint density at radius 2 is 1.56 bits per heavy atom. The molecule has 3 atom stereocenters. The van der Waals surface area contributed by atoms with Crippen LogP contribution in [0.25, 0.3) is 28.9 Å². The minimum Gasteiger partial charge on any atom is -0.378 e. The first-order valence-electron chi connectivity index (χ1n) is 16.5. The molecular weight excluding hydrogens is 560 g/mol. The van der Waals surface area contributed by atoms with Crippen molar-refractivity contribution in [1.29, 1.82) is 0 Å². The van der Waals surface area contributed by atoms with E-state index in [1.165, 1.54) is 22.0 Å². The van der Waals surface area contributed by atoms with E-state index in [4.69, 9.17) is 19.4 Å². The molecule has 0 saturated carbocycles. The van der Waals surface area contributed by atoms with E-state index in [2.05, 4.69) is 112 Å². The number of ether oxygens (including phenoxy) is 2. The van der Waals surface area contributed by atoms with Gasteiger partial charge in [-0.05, 0) is 59.2 Å². The monoisotopic (exact) mass is 600 g/mol. The summed E-state index contributed by atoms with van der Waals surface area (Å²) in [4.78, 5) is 15.5. The van der Waals surface area contributed by atoms with Crippen LogP contribution in [0, 0.1) is 5.92 Å². The summed E-state index contributed by atoms with van der Waals surface area (Å²) in [7, 11) is 0. The van der Waals surface area contributed by atoms with Gasteiger partial charge in [-0.3, -0.25) is 4.57 Å². The number of fused-ring (bicyclic) bond motifs is 5. The minimum atomic E-state index is -0.0656. The molecule has 0 radical (unpaired) electrons. The highest BCUT2D eigenvalue weighted by molar-refractivity contribution is 5.84. The molecule has 0 amide bonds. The number of hydrogen-bond donors (Lipinski definition) is 0. The van der Waals surface area contributed by atoms with Gasteiger partial charge in [0.25, 0.3) is 0 Å². The largest absolute Gasteiger partial charge is 0.378 e. The second-order valence-corrected chi connectivity index (χ2v) is 13.5. The summed E-state index contributed by atoms with van der Waals surface area (Å²) in [6.45, 7) is 11.2. The van der Waals surface area contributed by atoms with Crippen LogP contribution in [0.3, 0.4) is 0 Å². The van der Waals surface area contributed by atoms with Gasteiger partial charge in [-0.1, -0.05) is 62.4 Å². The van der Waals surface area contributed by atoms with Gasteiger partial charge in [-0.25, -0.2) is 9.97 Å². The van der Waals surface area contributed by atoms with Crippen molar-refractivity contribution < 1.29 is 9.47 Å². The van der Waals surface area contributed by atoms with E-state index >= 15 is 0 Å². The first kappa shape index (κ1) is 27.2. The van der Waals surface area contributed by atoms with Gasteiger partial charge in [-0.15, -0.1) is 0 Å². The fraction of sp³-hybridized carbons (Fsp3) is 0.405. The summed E-state index contributed by atoms with van der Waals surface area (Å²) in [6, 6.07) is 15.8. The Balaban J connectivity index is 1.22. The van der Waals surface area contributed by atoms with Crippen LogP contribution in [-0.4, -0.2) is 71.7 Å². The van der Waals surface area contributed by atoms with Crippen molar-refractivity contribution in [3.63, 3.8) is 0 Å². The van der Waals surface area contributed by atoms with E-state index in [0.717, 1.165) is 87.5 Å². The molecule has 0 bridgehead atoms. The van der Waals surface area contributed by atoms with Crippen LogP contribution in [-0.2, 0) is 14.9 Å². The molecule has 4 aromatic rings. The molecule has 2 aromatic carbocycles. The van der Waals surface area contributed by atoms with E-state index in [0.29, 0.717) is 5.92 Å². The Hall–Kier alpha value is -4.14. The van der Waals surface area contributed by atoms with E-state index in [1.54, 1.807) is 0 Å². The van der Waals surface area contributed by atoms with Gasteiger partial charge in [-0.2, -0.15) is 0 Å². The molecule has 2 aromatic heterocycles. The lowest BCUT2D eigenvalue weighted by Gasteiger charge is -2.31. The zero-order chi connectivity index (χ0) is 30.1. The van der Waals surface area contributed by atoms with Crippen LogP contribution in [0.1, 0.15) is 43.4 Å². The number of morpholine rings is 2. The maximum atomic E-state index is 5.71. The molecule has 45 heavy (non-hydrogen) atoms. The number of rotatable bonds is 4. The molecule has 230 valence electrons. The number of imidazole rings is 2. The molecule has 2 fully saturated rings. The van der Waals surface area contributed by atoms with Crippen molar-refractivity contribution in [2.45, 2.75) is 37.6 Å². The highest BCUT2D eigenvalue weighted by Gasteiger charge is 2.46. The summed E-state index contributed by atoms with van der Waals surface area (Å²) >= 11 is 0. The quantitative estimate of drug-likeness (QED) is 0.350. The predicted octanol–water partition coefficient (Wildman–Crippen LogP) is 4.22. The van der Waals surface area contributed by atoms with Crippen LogP contribution >= 0.6 is 0 Å². The molecule has 3 aliphatic carbocycles. The lowest BCUT2D eigenvalue weighted by atomic mass is 9.74. The van der Waals surface area contributed by atoms with Crippen molar-refractivity contribution in [1.82, 2.24) is 19.1 Å². The Bertz CT molecular complexity index is 1960. The van der Waals surface area contributed by atoms with Crippen LogP contribution in [0.2, 0.25) is 0 Å². The maximum absolute atomic E-state index is 5.71. The highest BCUT2D eigenvalue weighted by Crippen LogP contribution is 2.54. The number of nitrogens with zero attached hydrogens (tertiary/aromatic N) is 6. The summed E-state index contributed by atoms with van der Waals surface area (Å²) in [5.41, 5.74) is 6.21. The van der Waals surface area contributed by atoms with Crippen molar-refractivity contribution in [3.05, 3.63) is 88.6 Å². The Morgan fingerprint density at radius 1 is 0.822 bits per heavy atom. The molecule has 8 nitrogen and oxygen atoms in total. The average molecular weight is 601 g/mol. The van der Waals surface area contributed by atoms with E-state index in [1.807, 2.05) is 0 Å². The third-order valence-electron chi connectivity index (χ3n) is 10.6. The molecule has 9 rings (SSSR count). The minimum absolute atomic E-state index is 0.0656. The highest BCUT2D eigenvalue weighted by atomic mass is 16.5. The second-order valence-electron chi connectivity index (χ2n) is 13.5. The lowest BCUT2D eigenvalue weighted by Crippen LogP contribution is -2.39. The lowest BCUT2D eigenvalue weighted by molar-refractivity contribution is 0.121. The summed E-state index contributed by atoms with van der Waals surface area (Å²) in [6.07, 6.45) is 14.9. The van der Waals surface area contributed by atoms with Crippen LogP contribution in [0.15, 0.2) is 66.8 Å². The Labute approximate surface area is 263 Å². The topological polar surface area (TPSA) is 60.6 Å². The third-order valence-corrected chi connectivity index (χ3v) is 10.6. The van der Waals surface area contributed by atoms with Gasteiger partial charge < -0.3 is 23.8 Å². The molecule has 4 heterocycles. The van der Waals surface area contributed by atoms with Crippen LogP contribution in [0.5, 0.6) is 0 Å². The first-order valence-corrected chi connectivity index (χ1v) is 16.5. The SMILES string of the molecule is CC1(C)c2cc3c(cc2C2C=c4nc(N5CCOCC5)n(-c5ccccc5)c4=CC21)nc(N1CCOCC1)n3C1C=CC=CC1. The summed E-state index contributed by atoms with van der Waals surface area (Å²) < 4.78 is 16.3. The van der Waals surface area contributed by atoms with E-state index in [9.17, 15) is 0 Å². The van der Waals surface area contributed by atoms with Crippen LogP contribution in [0.4, 0.5) is 11.9 Å². The predicted molar refractivity (Wildman–Crippen MR) is 179 cm³/mol. The van der Waals surface area contributed by atoms with Crippen LogP contribution < -0.4 is 20.5 Å². The van der Waals surface area contributed by atoms with Gasteiger partial charge >= 0.3 is 0 Å². The second kappa shape index (κ2) is 10.5. The Kier molecular flexibility index (Phi) is 6.32. The standard InChI is InChI=1S/C37H40N6O2/c1-37(2)29-23-33-31(38-35(40-13-17-44-18-14-40)42(33)25-9-5-3-6-10-25)21-27(29)28-22-32-34(24-30(28)37)43(26-11-7-4-8-12-26)36(39-32)41-15-19-45-20-16-41/h3-11,21-24,26-27,29H,12-20H2,1-2H3. The zero-order valence-corrected chi connectivity index (χ0v) is 26.1. The number of para-hydroxylation sites is 1. The van der Waals surface area contributed by atoms with Crippen molar-refractivity contribution in [2.75, 3.05) is 62.4 Å². The summed E-state index contributed by atoms with van der Waals surface area (Å²) in [5, 5.41) is 2.27. The van der Waals surface area contributed by atoms with Crippen molar-refractivity contribution >= 4 is 35.1 Å². The van der Waals surface area contributed by atoms with Gasteiger partial charge in [0.1, 0.15) is 0 Å². The fourth-order valence-corrected chi connectivity index (χ4v) is 8.25. The molecule has 8 heteroatoms. The first-order chi connectivity index (χ1) is 22.1. The fourth-order valence-electron chi connectivity index (χ4n) is 8.25. The van der Waals surface area contributed by atoms with Gasteiger partial charge in [0.2, 0.25) is 11.9 Å². The summed E-state index contributed by atoms with van der Waals surface area (Å²) in [5.74, 6) is 2.64. The maximum Gasteiger partial charge on any atom is 0.211 e. The molecule has 0 N–H and O–H groups in total. The average Bonchev–Trinajstić information content (AvgIpc) is 3.72. The van der Waals surface area contributed by atoms with Crippen molar-refractivity contribution in [3.8, 4) is 5.69 Å². The molecule has 2 aliphatic heterocycles. The zero-order valence-electron chi connectivity index (χ0n) is 26.1. The molecule has 3 unspecified atom stereocenters. The number of allylic oxidation sites excluding steroid dienone is 4. The normalized spacial score (nSPS) is 25.1. The number of benzene rings is 2. The van der Waals surface area contributed by atoms with E-state index < -0.39 is 0 Å². The molecule has 5 aliphatic rings. The third kappa shape index (κ3) is 4.26.